The molecule has 1 saturated heterocycles. The molecule has 0 aliphatic carbocycles. The number of nitrogens with one attached hydrogen (secondary N) is 2. The van der Waals surface area contributed by atoms with Gasteiger partial charge in [-0.2, -0.15) is 0 Å². The molecule has 1 aliphatic heterocycles. The summed E-state index contributed by atoms with van der Waals surface area (Å²) in [5.41, 5.74) is 2.88. The van der Waals surface area contributed by atoms with Crippen molar-refractivity contribution in [2.75, 3.05) is 26.2 Å². The predicted molar refractivity (Wildman–Crippen MR) is 120 cm³/mol. The molecule has 3 rings (SSSR count). The van der Waals surface area contributed by atoms with Crippen LogP contribution in [0.15, 0.2) is 53.0 Å². The lowest BCUT2D eigenvalue weighted by Gasteiger charge is -2.31. The van der Waals surface area contributed by atoms with Crippen LogP contribution in [0, 0.1) is 0 Å². The molecule has 2 N–H and O–H groups in total. The van der Waals surface area contributed by atoms with Crippen LogP contribution in [0.2, 0.25) is 0 Å². The van der Waals surface area contributed by atoms with Gasteiger partial charge in [-0.15, -0.1) is 0 Å². The maximum Gasteiger partial charge on any atom is 0.251 e. The summed E-state index contributed by atoms with van der Waals surface area (Å²) < 4.78 is 6.51. The van der Waals surface area contributed by atoms with E-state index >= 15 is 0 Å². The Bertz CT molecular complexity index is 857. The smallest absolute Gasteiger partial charge is 0.251 e. The summed E-state index contributed by atoms with van der Waals surface area (Å²) in [6.45, 7) is 6.42. The first-order valence-corrected chi connectivity index (χ1v) is 11.0. The van der Waals surface area contributed by atoms with E-state index in [0.29, 0.717) is 18.7 Å². The molecule has 160 valence electrons. The lowest BCUT2D eigenvalue weighted by Crippen LogP contribution is -2.40. The Morgan fingerprint density at radius 3 is 2.67 bits per heavy atom. The SMILES string of the molecule is CC1CN(Cc2cccc(CNC(=O)CCNC(=O)c3ccc(Br)cc3)c2)CCO1. The Labute approximate surface area is 186 Å². The van der Waals surface area contributed by atoms with Crippen LogP contribution in [0.5, 0.6) is 0 Å². The fourth-order valence-electron chi connectivity index (χ4n) is 3.41. The molecule has 7 heteroatoms. The molecule has 2 amide bonds. The number of benzene rings is 2. The van der Waals surface area contributed by atoms with Gasteiger partial charge in [-0.3, -0.25) is 14.5 Å². The van der Waals surface area contributed by atoms with E-state index in [1.807, 2.05) is 24.3 Å². The molecule has 30 heavy (non-hydrogen) atoms. The number of hydrogen-bond acceptors (Lipinski definition) is 4. The molecule has 0 aromatic heterocycles. The van der Waals surface area contributed by atoms with Crippen molar-refractivity contribution < 1.29 is 14.3 Å². The zero-order valence-corrected chi connectivity index (χ0v) is 18.8. The highest BCUT2D eigenvalue weighted by atomic mass is 79.9. The van der Waals surface area contributed by atoms with Crippen LogP contribution >= 0.6 is 15.9 Å². The number of carbonyl (C=O) groups is 2. The van der Waals surface area contributed by atoms with E-state index in [4.69, 9.17) is 4.74 Å². The fraction of sp³-hybridized carbons (Fsp3) is 0.391. The molecule has 1 unspecified atom stereocenters. The van der Waals surface area contributed by atoms with Gasteiger partial charge in [0, 0.05) is 49.2 Å². The van der Waals surface area contributed by atoms with Crippen molar-refractivity contribution in [2.45, 2.75) is 32.5 Å². The molecule has 0 saturated carbocycles. The number of amides is 2. The van der Waals surface area contributed by atoms with E-state index in [1.165, 1.54) is 5.56 Å². The van der Waals surface area contributed by atoms with Gasteiger partial charge in [0.25, 0.3) is 5.91 Å². The predicted octanol–water partition coefficient (Wildman–Crippen LogP) is 3.11. The molecule has 0 radical (unpaired) electrons. The standard InChI is InChI=1S/C23H28BrN3O3/c1-17-15-27(11-12-30-17)16-19-4-2-3-18(13-19)14-26-22(28)9-10-25-23(29)20-5-7-21(24)8-6-20/h2-8,13,17H,9-12,14-16H2,1H3,(H,25,29)(H,26,28). The van der Waals surface area contributed by atoms with Crippen LogP contribution in [0.3, 0.4) is 0 Å². The van der Waals surface area contributed by atoms with Gasteiger partial charge in [-0.25, -0.2) is 0 Å². The van der Waals surface area contributed by atoms with Gasteiger partial charge in [-0.05, 0) is 42.3 Å². The van der Waals surface area contributed by atoms with E-state index in [9.17, 15) is 9.59 Å². The van der Waals surface area contributed by atoms with Crippen molar-refractivity contribution in [2.24, 2.45) is 0 Å². The Hall–Kier alpha value is -2.22. The molecule has 0 bridgehead atoms. The first-order chi connectivity index (χ1) is 14.5. The number of hydrogen-bond donors (Lipinski definition) is 2. The minimum absolute atomic E-state index is 0.0847. The molecule has 1 aliphatic rings. The number of rotatable bonds is 8. The summed E-state index contributed by atoms with van der Waals surface area (Å²) >= 11 is 3.34. The highest BCUT2D eigenvalue weighted by Gasteiger charge is 2.16. The Morgan fingerprint density at radius 1 is 1.13 bits per heavy atom. The molecule has 1 heterocycles. The van der Waals surface area contributed by atoms with E-state index in [1.54, 1.807) is 12.1 Å². The van der Waals surface area contributed by atoms with Gasteiger partial charge in [0.2, 0.25) is 5.91 Å². The monoisotopic (exact) mass is 473 g/mol. The Kier molecular flexibility index (Phi) is 8.42. The zero-order valence-electron chi connectivity index (χ0n) is 17.2. The first kappa shape index (κ1) is 22.5. The van der Waals surface area contributed by atoms with Crippen LogP contribution in [0.25, 0.3) is 0 Å². The molecule has 6 nitrogen and oxygen atoms in total. The topological polar surface area (TPSA) is 70.7 Å². The summed E-state index contributed by atoms with van der Waals surface area (Å²) in [4.78, 5) is 26.6. The summed E-state index contributed by atoms with van der Waals surface area (Å²) in [6, 6.07) is 15.4. The van der Waals surface area contributed by atoms with Gasteiger partial charge in [-0.1, -0.05) is 40.2 Å². The van der Waals surface area contributed by atoms with Crippen LogP contribution < -0.4 is 10.6 Å². The Morgan fingerprint density at radius 2 is 1.90 bits per heavy atom. The third-order valence-corrected chi connectivity index (χ3v) is 5.49. The molecule has 2 aromatic rings. The van der Waals surface area contributed by atoms with E-state index < -0.39 is 0 Å². The highest BCUT2D eigenvalue weighted by Crippen LogP contribution is 2.12. The second-order valence-electron chi connectivity index (χ2n) is 7.53. The summed E-state index contributed by atoms with van der Waals surface area (Å²) in [5.74, 6) is -0.265. The number of carbonyl (C=O) groups excluding carboxylic acids is 2. The molecule has 1 fully saturated rings. The van der Waals surface area contributed by atoms with Crippen LogP contribution in [0.4, 0.5) is 0 Å². The average molecular weight is 474 g/mol. The van der Waals surface area contributed by atoms with Crippen LogP contribution in [-0.2, 0) is 22.6 Å². The minimum Gasteiger partial charge on any atom is -0.376 e. The minimum atomic E-state index is -0.180. The van der Waals surface area contributed by atoms with Gasteiger partial charge < -0.3 is 15.4 Å². The maximum absolute atomic E-state index is 12.1. The molecule has 1 atom stereocenters. The number of nitrogens with zero attached hydrogens (tertiary/aromatic N) is 1. The van der Waals surface area contributed by atoms with Gasteiger partial charge in [0.05, 0.1) is 12.7 Å². The van der Waals surface area contributed by atoms with Gasteiger partial charge in [0.15, 0.2) is 0 Å². The van der Waals surface area contributed by atoms with Crippen molar-refractivity contribution in [3.05, 3.63) is 69.7 Å². The third kappa shape index (κ3) is 7.23. The third-order valence-electron chi connectivity index (χ3n) is 4.96. The normalized spacial score (nSPS) is 16.8. The lowest BCUT2D eigenvalue weighted by molar-refractivity contribution is -0.121. The Balaban J connectivity index is 1.39. The highest BCUT2D eigenvalue weighted by molar-refractivity contribution is 9.10. The number of halogens is 1. The van der Waals surface area contributed by atoms with Crippen LogP contribution in [0.1, 0.15) is 34.8 Å². The van der Waals surface area contributed by atoms with Crippen molar-refractivity contribution in [1.82, 2.24) is 15.5 Å². The molecule has 2 aromatic carbocycles. The largest absolute Gasteiger partial charge is 0.376 e. The van der Waals surface area contributed by atoms with Crippen molar-refractivity contribution in [3.8, 4) is 0 Å². The molecule has 0 spiro atoms. The van der Waals surface area contributed by atoms with Gasteiger partial charge >= 0.3 is 0 Å². The summed E-state index contributed by atoms with van der Waals surface area (Å²) in [5, 5.41) is 5.70. The number of ether oxygens (including phenoxy) is 1. The van der Waals surface area contributed by atoms with Crippen LogP contribution in [-0.4, -0.2) is 49.1 Å². The van der Waals surface area contributed by atoms with Crippen molar-refractivity contribution in [1.29, 1.82) is 0 Å². The van der Waals surface area contributed by atoms with E-state index in [0.717, 1.165) is 36.3 Å². The second kappa shape index (κ2) is 11.2. The maximum atomic E-state index is 12.1. The van der Waals surface area contributed by atoms with Crippen molar-refractivity contribution >= 4 is 27.7 Å². The van der Waals surface area contributed by atoms with Crippen molar-refractivity contribution in [3.63, 3.8) is 0 Å². The van der Waals surface area contributed by atoms with E-state index in [2.05, 4.69) is 50.5 Å². The first-order valence-electron chi connectivity index (χ1n) is 10.2. The lowest BCUT2D eigenvalue weighted by atomic mass is 10.1. The molecular formula is C23H28BrN3O3. The fourth-order valence-corrected chi connectivity index (χ4v) is 3.68. The number of morpholine rings is 1. The summed E-state index contributed by atoms with van der Waals surface area (Å²) in [7, 11) is 0. The zero-order chi connectivity index (χ0) is 21.3. The summed E-state index contributed by atoms with van der Waals surface area (Å²) in [6.07, 6.45) is 0.513. The quantitative estimate of drug-likeness (QED) is 0.617. The van der Waals surface area contributed by atoms with Gasteiger partial charge in [0.1, 0.15) is 0 Å². The second-order valence-corrected chi connectivity index (χ2v) is 8.44. The average Bonchev–Trinajstić information content (AvgIpc) is 2.73. The van der Waals surface area contributed by atoms with E-state index in [-0.39, 0.29) is 24.3 Å². The molecular weight excluding hydrogens is 446 g/mol.